The lowest BCUT2D eigenvalue weighted by Crippen LogP contribution is -2.83. The maximum Gasteiger partial charge on any atom is 0.265 e. The van der Waals surface area contributed by atoms with Crippen LogP contribution < -0.4 is 5.43 Å². The van der Waals surface area contributed by atoms with Crippen LogP contribution in [-0.4, -0.2) is 69.6 Å². The molecule has 0 aromatic heterocycles. The highest BCUT2D eigenvalue weighted by atomic mass is 16.3. The van der Waals surface area contributed by atoms with E-state index in [9.17, 15) is 9.90 Å². The van der Waals surface area contributed by atoms with E-state index >= 15 is 0 Å². The number of carbonyl (C=O) groups is 1. The van der Waals surface area contributed by atoms with E-state index in [4.69, 9.17) is 0 Å². The normalized spacial score (nSPS) is 33.6. The lowest BCUT2D eigenvalue weighted by Gasteiger charge is -2.72. The van der Waals surface area contributed by atoms with Gasteiger partial charge in [0.1, 0.15) is 5.75 Å². The van der Waals surface area contributed by atoms with Crippen molar-refractivity contribution in [2.45, 2.75) is 75.2 Å². The number of nitrogens with one attached hydrogen (secondary N) is 1. The number of likely N-dealkylation sites (tertiary alicyclic amines) is 2. The van der Waals surface area contributed by atoms with Crippen LogP contribution in [-0.2, 0) is 0 Å². The summed E-state index contributed by atoms with van der Waals surface area (Å²) in [5, 5.41) is 12.4. The number of phenolic OH excluding ortho intramolecular Hbond substituents is 1. The smallest absolute Gasteiger partial charge is 0.265 e. The van der Waals surface area contributed by atoms with Crippen molar-refractivity contribution in [3.63, 3.8) is 0 Å². The zero-order valence-corrected chi connectivity index (χ0v) is 21.6. The monoisotopic (exact) mass is 498 g/mol. The van der Waals surface area contributed by atoms with Gasteiger partial charge in [-0.05, 0) is 73.9 Å². The number of benzene rings is 2. The van der Waals surface area contributed by atoms with Gasteiger partial charge >= 0.3 is 0 Å². The molecule has 5 fully saturated rings. The van der Waals surface area contributed by atoms with Crippen LogP contribution in [0.1, 0.15) is 72.5 Å². The summed E-state index contributed by atoms with van der Waals surface area (Å²) < 4.78 is 0. The topological polar surface area (TPSA) is 59.0 Å². The van der Waals surface area contributed by atoms with Crippen LogP contribution in [0.2, 0.25) is 0 Å². The Bertz CT molecular complexity index is 1160. The first-order chi connectivity index (χ1) is 18.1. The van der Waals surface area contributed by atoms with Gasteiger partial charge in [-0.1, -0.05) is 36.8 Å². The molecule has 2 aliphatic carbocycles. The van der Waals surface area contributed by atoms with Crippen LogP contribution >= 0.6 is 0 Å². The van der Waals surface area contributed by atoms with Crippen LogP contribution in [0, 0.1) is 5.41 Å². The summed E-state index contributed by atoms with van der Waals surface area (Å²) in [7, 11) is 0. The Balaban J connectivity index is 1.18. The molecule has 5 atom stereocenters. The SMILES string of the molecule is C=CCN1C2CCC3N(C(c4ccc(C(=O)NN5CCCCC5)cc4)c4cccc(O)c4)C4CCC1C234. The van der Waals surface area contributed by atoms with E-state index in [1.165, 1.54) is 37.7 Å². The fourth-order valence-corrected chi connectivity index (χ4v) is 8.98. The Morgan fingerprint density at radius 3 is 2.30 bits per heavy atom. The van der Waals surface area contributed by atoms with Crippen molar-refractivity contribution in [1.29, 1.82) is 0 Å². The molecule has 5 aliphatic rings. The van der Waals surface area contributed by atoms with Crippen molar-refractivity contribution >= 4 is 5.91 Å². The minimum atomic E-state index is -0.0284. The Kier molecular flexibility index (Phi) is 5.68. The van der Waals surface area contributed by atoms with Crippen molar-refractivity contribution in [3.05, 3.63) is 77.9 Å². The predicted molar refractivity (Wildman–Crippen MR) is 144 cm³/mol. The summed E-state index contributed by atoms with van der Waals surface area (Å²) in [6.07, 6.45) is 10.6. The third-order valence-electron chi connectivity index (χ3n) is 10.2. The first kappa shape index (κ1) is 23.4. The third kappa shape index (κ3) is 3.38. The van der Waals surface area contributed by atoms with Gasteiger partial charge < -0.3 is 5.11 Å². The second-order valence-corrected chi connectivity index (χ2v) is 11.8. The van der Waals surface area contributed by atoms with Gasteiger partial charge in [0.25, 0.3) is 5.91 Å². The summed E-state index contributed by atoms with van der Waals surface area (Å²) in [5.41, 5.74) is 6.56. The van der Waals surface area contributed by atoms with Gasteiger partial charge in [0, 0.05) is 54.8 Å². The first-order valence-corrected chi connectivity index (χ1v) is 14.2. The van der Waals surface area contributed by atoms with Crippen molar-refractivity contribution in [2.24, 2.45) is 5.41 Å². The van der Waals surface area contributed by atoms with E-state index in [2.05, 4.69) is 51.1 Å². The zero-order chi connectivity index (χ0) is 25.1. The molecule has 2 saturated carbocycles. The van der Waals surface area contributed by atoms with Crippen LogP contribution in [0.3, 0.4) is 0 Å². The fraction of sp³-hybridized carbons (Fsp3) is 0.516. The Morgan fingerprint density at radius 2 is 1.65 bits per heavy atom. The molecule has 1 spiro atoms. The van der Waals surface area contributed by atoms with Crippen molar-refractivity contribution in [2.75, 3.05) is 19.6 Å². The molecule has 2 N–H and O–H groups in total. The number of carbonyl (C=O) groups excluding carboxylic acids is 1. The molecule has 0 radical (unpaired) electrons. The van der Waals surface area contributed by atoms with Crippen LogP contribution in [0.5, 0.6) is 5.75 Å². The lowest BCUT2D eigenvalue weighted by molar-refractivity contribution is -0.235. The van der Waals surface area contributed by atoms with Gasteiger partial charge in [-0.15, -0.1) is 6.58 Å². The molecule has 37 heavy (non-hydrogen) atoms. The average molecular weight is 499 g/mol. The van der Waals surface area contributed by atoms with Gasteiger partial charge in [-0.3, -0.25) is 20.0 Å². The molecule has 0 bridgehead atoms. The lowest BCUT2D eigenvalue weighted by atomic mass is 9.56. The molecule has 5 unspecified atom stereocenters. The van der Waals surface area contributed by atoms with Gasteiger partial charge in [-0.25, -0.2) is 5.01 Å². The number of hydrogen-bond donors (Lipinski definition) is 2. The molecule has 6 heteroatoms. The maximum absolute atomic E-state index is 12.9. The van der Waals surface area contributed by atoms with Crippen molar-refractivity contribution in [3.8, 4) is 5.75 Å². The molecule has 6 nitrogen and oxygen atoms in total. The van der Waals surface area contributed by atoms with Crippen molar-refractivity contribution in [1.82, 2.24) is 20.2 Å². The molecule has 2 aromatic rings. The van der Waals surface area contributed by atoms with Crippen LogP contribution in [0.25, 0.3) is 0 Å². The van der Waals surface area contributed by atoms with E-state index in [-0.39, 0.29) is 11.9 Å². The maximum atomic E-state index is 12.9. The minimum Gasteiger partial charge on any atom is -0.508 e. The summed E-state index contributed by atoms with van der Waals surface area (Å²) in [4.78, 5) is 18.4. The number of rotatable bonds is 7. The van der Waals surface area contributed by atoms with Gasteiger partial charge in [-0.2, -0.15) is 0 Å². The summed E-state index contributed by atoms with van der Waals surface area (Å²) in [6.45, 7) is 6.87. The highest BCUT2D eigenvalue weighted by molar-refractivity contribution is 5.93. The molecule has 1 amide bonds. The molecule has 3 heterocycles. The number of amides is 1. The Labute approximate surface area is 219 Å². The highest BCUT2D eigenvalue weighted by Gasteiger charge is 2.80. The average Bonchev–Trinajstić information content (AvgIpc) is 3.36. The number of hydrogen-bond acceptors (Lipinski definition) is 5. The van der Waals surface area contributed by atoms with Crippen LogP contribution in [0.15, 0.2) is 61.2 Å². The summed E-state index contributed by atoms with van der Waals surface area (Å²) in [6, 6.07) is 18.6. The molecule has 194 valence electrons. The van der Waals surface area contributed by atoms with Crippen LogP contribution in [0.4, 0.5) is 0 Å². The summed E-state index contributed by atoms with van der Waals surface area (Å²) >= 11 is 0. The van der Waals surface area contributed by atoms with E-state index in [0.717, 1.165) is 38.0 Å². The number of phenols is 1. The largest absolute Gasteiger partial charge is 0.508 e. The molecular weight excluding hydrogens is 460 g/mol. The van der Waals surface area contributed by atoms with Crippen molar-refractivity contribution < 1.29 is 9.90 Å². The molecule has 2 aromatic carbocycles. The fourth-order valence-electron chi connectivity index (χ4n) is 8.98. The predicted octanol–water partition coefficient (Wildman–Crippen LogP) is 4.48. The molecule has 3 aliphatic heterocycles. The quantitative estimate of drug-likeness (QED) is 0.552. The number of hydrazine groups is 1. The number of aromatic hydroxyl groups is 1. The van der Waals surface area contributed by atoms with Gasteiger partial charge in [0.2, 0.25) is 0 Å². The Hall–Kier alpha value is -2.67. The zero-order valence-electron chi connectivity index (χ0n) is 21.6. The number of nitrogens with zero attached hydrogens (tertiary/aromatic N) is 3. The minimum absolute atomic E-state index is 0.0284. The van der Waals surface area contributed by atoms with E-state index in [1.807, 2.05) is 24.3 Å². The standard InChI is InChI=1S/C31H38N4O2/c1-2-17-34-25-13-15-27-31(25)26(34)14-16-28(31)35(27)29(23-7-6-8-24(36)20-23)21-9-11-22(12-10-21)30(37)32-33-18-4-3-5-19-33/h2,6-12,20,25-29,36H,1,3-5,13-19H2,(H,32,37). The van der Waals surface area contributed by atoms with E-state index in [1.54, 1.807) is 6.07 Å². The second-order valence-electron chi connectivity index (χ2n) is 11.8. The second kappa shape index (κ2) is 8.97. The van der Waals surface area contributed by atoms with Gasteiger partial charge in [0.05, 0.1) is 6.04 Å². The molecular formula is C31H38N4O2. The third-order valence-corrected chi connectivity index (χ3v) is 10.2. The molecule has 7 rings (SSSR count). The van der Waals surface area contributed by atoms with E-state index < -0.39 is 0 Å². The molecule has 3 saturated heterocycles. The Morgan fingerprint density at radius 1 is 0.973 bits per heavy atom. The summed E-state index contributed by atoms with van der Waals surface area (Å²) in [5.74, 6) is 0.281. The van der Waals surface area contributed by atoms with E-state index in [0.29, 0.717) is 40.9 Å². The number of piperidine rings is 1. The van der Waals surface area contributed by atoms with Gasteiger partial charge in [0.15, 0.2) is 0 Å². The first-order valence-electron chi connectivity index (χ1n) is 14.2. The highest BCUT2D eigenvalue weighted by Crippen LogP contribution is 2.72.